The van der Waals surface area contributed by atoms with Gasteiger partial charge in [-0.15, -0.1) is 0 Å². The number of ether oxygens (including phenoxy) is 1. The Bertz CT molecular complexity index is 701. The third kappa shape index (κ3) is 3.55. The quantitative estimate of drug-likeness (QED) is 0.764. The lowest BCUT2D eigenvalue weighted by molar-refractivity contribution is -0.174. The molecule has 1 saturated carbocycles. The van der Waals surface area contributed by atoms with E-state index in [-0.39, 0.29) is 34.8 Å². The van der Waals surface area contributed by atoms with Crippen molar-refractivity contribution in [3.05, 3.63) is 28.8 Å². The van der Waals surface area contributed by atoms with E-state index in [2.05, 4.69) is 39.1 Å². The van der Waals surface area contributed by atoms with Gasteiger partial charge in [-0.3, -0.25) is 4.79 Å². The van der Waals surface area contributed by atoms with Crippen LogP contribution in [0.1, 0.15) is 59.9 Å². The Labute approximate surface area is 161 Å². The number of carbonyl (C=O) groups excluding carboxylic acids is 1. The van der Waals surface area contributed by atoms with Crippen molar-refractivity contribution in [2.45, 2.75) is 66.5 Å². The van der Waals surface area contributed by atoms with E-state index < -0.39 is 0 Å². The summed E-state index contributed by atoms with van der Waals surface area (Å²) in [5.41, 5.74) is -0.00149. The molecule has 1 amide bonds. The van der Waals surface area contributed by atoms with Gasteiger partial charge in [0.05, 0.1) is 10.6 Å². The van der Waals surface area contributed by atoms with Crippen LogP contribution >= 0.6 is 11.6 Å². The Balaban J connectivity index is 2.16. The highest BCUT2D eigenvalue weighted by Gasteiger charge is 2.64. The van der Waals surface area contributed by atoms with Crippen LogP contribution in [0, 0.1) is 28.1 Å². The Morgan fingerprint density at radius 1 is 1.27 bits per heavy atom. The number of rotatable bonds is 6. The summed E-state index contributed by atoms with van der Waals surface area (Å²) < 4.78 is 6.24. The van der Waals surface area contributed by atoms with Gasteiger partial charge in [-0.25, -0.2) is 0 Å². The smallest absolute Gasteiger partial charge is 0.223 e. The van der Waals surface area contributed by atoms with Gasteiger partial charge in [0.2, 0.25) is 5.91 Å². The summed E-state index contributed by atoms with van der Waals surface area (Å²) in [7, 11) is 0. The van der Waals surface area contributed by atoms with E-state index in [0.29, 0.717) is 16.3 Å². The van der Waals surface area contributed by atoms with Crippen molar-refractivity contribution in [3.8, 4) is 11.8 Å². The van der Waals surface area contributed by atoms with Crippen molar-refractivity contribution in [2.75, 3.05) is 0 Å². The molecular formula is C21H29ClN2O2. The van der Waals surface area contributed by atoms with Gasteiger partial charge in [0.25, 0.3) is 0 Å². The summed E-state index contributed by atoms with van der Waals surface area (Å²) >= 11 is 6.12. The molecule has 1 aliphatic rings. The van der Waals surface area contributed by atoms with E-state index in [1.165, 1.54) is 0 Å². The lowest BCUT2D eigenvalue weighted by Crippen LogP contribution is -2.75. The first kappa shape index (κ1) is 20.6. The van der Waals surface area contributed by atoms with Crippen LogP contribution in [0.5, 0.6) is 5.75 Å². The number of nitrogens with one attached hydrogen (secondary N) is 1. The average molecular weight is 377 g/mol. The van der Waals surface area contributed by atoms with E-state index in [9.17, 15) is 4.79 Å². The molecule has 0 radical (unpaired) electrons. The van der Waals surface area contributed by atoms with Crippen LogP contribution in [-0.2, 0) is 4.79 Å². The largest absolute Gasteiger partial charge is 0.489 e. The highest BCUT2D eigenvalue weighted by molar-refractivity contribution is 6.31. The molecule has 1 fully saturated rings. The van der Waals surface area contributed by atoms with Gasteiger partial charge in [-0.2, -0.15) is 5.26 Å². The van der Waals surface area contributed by atoms with Gasteiger partial charge < -0.3 is 10.1 Å². The van der Waals surface area contributed by atoms with Crippen molar-refractivity contribution in [1.82, 2.24) is 5.32 Å². The Morgan fingerprint density at radius 3 is 2.31 bits per heavy atom. The predicted molar refractivity (Wildman–Crippen MR) is 104 cm³/mol. The van der Waals surface area contributed by atoms with Gasteiger partial charge in [-0.1, -0.05) is 53.1 Å². The summed E-state index contributed by atoms with van der Waals surface area (Å²) in [6.45, 7) is 12.6. The van der Waals surface area contributed by atoms with Crippen LogP contribution in [0.4, 0.5) is 0 Å². The highest BCUT2D eigenvalue weighted by atomic mass is 35.5. The van der Waals surface area contributed by atoms with Gasteiger partial charge in [-0.05, 0) is 25.0 Å². The maximum Gasteiger partial charge on any atom is 0.223 e. The first-order chi connectivity index (χ1) is 12.1. The molecule has 5 heteroatoms. The first-order valence-corrected chi connectivity index (χ1v) is 9.64. The summed E-state index contributed by atoms with van der Waals surface area (Å²) in [6, 6.07) is 7.20. The molecule has 0 bridgehead atoms. The highest BCUT2D eigenvalue weighted by Crippen LogP contribution is 2.55. The molecule has 1 aliphatic carbocycles. The molecule has 0 spiro atoms. The topological polar surface area (TPSA) is 62.1 Å². The number of hydrogen-bond donors (Lipinski definition) is 1. The summed E-state index contributed by atoms with van der Waals surface area (Å²) in [4.78, 5) is 12.6. The molecule has 0 aromatic heterocycles. The molecule has 0 atom stereocenters. The second kappa shape index (κ2) is 7.48. The molecule has 1 N–H and O–H groups in total. The molecule has 2 rings (SSSR count). The minimum absolute atomic E-state index is 0.0296. The number of nitriles is 1. The van der Waals surface area contributed by atoms with Gasteiger partial charge >= 0.3 is 0 Å². The first-order valence-electron chi connectivity index (χ1n) is 9.26. The second-order valence-electron chi connectivity index (χ2n) is 8.35. The number of halogens is 1. The van der Waals surface area contributed by atoms with Crippen molar-refractivity contribution in [3.63, 3.8) is 0 Å². The van der Waals surface area contributed by atoms with E-state index in [0.717, 1.165) is 12.8 Å². The van der Waals surface area contributed by atoms with Crippen LogP contribution in [-0.4, -0.2) is 18.1 Å². The molecule has 0 unspecified atom stereocenters. The van der Waals surface area contributed by atoms with Crippen LogP contribution in [0.25, 0.3) is 0 Å². The van der Waals surface area contributed by atoms with E-state index in [1.807, 2.05) is 13.8 Å². The number of amides is 1. The molecule has 1 aromatic carbocycles. The summed E-state index contributed by atoms with van der Waals surface area (Å²) in [5, 5.41) is 12.6. The monoisotopic (exact) mass is 376 g/mol. The Kier molecular flexibility index (Phi) is 5.92. The van der Waals surface area contributed by atoms with Crippen LogP contribution in [0.15, 0.2) is 18.2 Å². The van der Waals surface area contributed by atoms with Gasteiger partial charge in [0, 0.05) is 28.9 Å². The molecule has 1 aromatic rings. The SMILES string of the molecule is CCC(CC)C(=O)NC1C(C)(C)C(Oc2ccc(C#N)c(Cl)c2)C1(C)C. The lowest BCUT2D eigenvalue weighted by Gasteiger charge is -2.63. The van der Waals surface area contributed by atoms with Crippen molar-refractivity contribution in [2.24, 2.45) is 16.7 Å². The number of hydrogen-bond acceptors (Lipinski definition) is 3. The number of benzene rings is 1. The zero-order valence-electron chi connectivity index (χ0n) is 16.5. The fourth-order valence-electron chi connectivity index (χ4n) is 4.52. The molecule has 0 aliphatic heterocycles. The maximum absolute atomic E-state index is 12.6. The third-order valence-electron chi connectivity index (χ3n) is 5.80. The Morgan fingerprint density at radius 2 is 1.85 bits per heavy atom. The summed E-state index contributed by atoms with van der Waals surface area (Å²) in [5.74, 6) is 0.824. The van der Waals surface area contributed by atoms with Crippen LogP contribution in [0.3, 0.4) is 0 Å². The average Bonchev–Trinajstić information content (AvgIpc) is 2.58. The van der Waals surface area contributed by atoms with E-state index in [1.54, 1.807) is 18.2 Å². The van der Waals surface area contributed by atoms with Crippen LogP contribution in [0.2, 0.25) is 5.02 Å². The fourth-order valence-corrected chi connectivity index (χ4v) is 4.73. The zero-order chi connectivity index (χ0) is 19.7. The third-order valence-corrected chi connectivity index (χ3v) is 6.11. The number of carbonyl (C=O) groups is 1. The van der Waals surface area contributed by atoms with Crippen molar-refractivity contribution in [1.29, 1.82) is 5.26 Å². The van der Waals surface area contributed by atoms with E-state index >= 15 is 0 Å². The molecule has 0 saturated heterocycles. The molecule has 0 heterocycles. The lowest BCUT2D eigenvalue weighted by atomic mass is 9.49. The minimum Gasteiger partial charge on any atom is -0.489 e. The van der Waals surface area contributed by atoms with Crippen LogP contribution < -0.4 is 10.1 Å². The van der Waals surface area contributed by atoms with Crippen molar-refractivity contribution < 1.29 is 9.53 Å². The van der Waals surface area contributed by atoms with Gasteiger partial charge in [0.1, 0.15) is 17.9 Å². The van der Waals surface area contributed by atoms with Crippen molar-refractivity contribution >= 4 is 17.5 Å². The second-order valence-corrected chi connectivity index (χ2v) is 8.76. The molecular weight excluding hydrogens is 348 g/mol. The van der Waals surface area contributed by atoms with E-state index in [4.69, 9.17) is 21.6 Å². The molecule has 142 valence electrons. The summed E-state index contributed by atoms with van der Waals surface area (Å²) in [6.07, 6.45) is 1.62. The molecule has 26 heavy (non-hydrogen) atoms. The maximum atomic E-state index is 12.6. The standard InChI is InChI=1S/C21H29ClN2O2/c1-7-13(8-2)17(25)24-18-20(3,4)19(21(18,5)6)26-15-10-9-14(12-23)16(22)11-15/h9-11,13,18-19H,7-8H2,1-6H3,(H,24,25). The minimum atomic E-state index is -0.217. The number of nitrogens with zero attached hydrogens (tertiary/aromatic N) is 1. The zero-order valence-corrected chi connectivity index (χ0v) is 17.3. The predicted octanol–water partition coefficient (Wildman–Crippen LogP) is 4.95. The fraction of sp³-hybridized carbons (Fsp3) is 0.619. The Hall–Kier alpha value is -1.73. The van der Waals surface area contributed by atoms with Gasteiger partial charge in [0.15, 0.2) is 0 Å². The normalized spacial score (nSPS) is 23.0. The molecule has 4 nitrogen and oxygen atoms in total.